The number of rotatable bonds is 6. The first-order valence-electron chi connectivity index (χ1n) is 9.13. The second kappa shape index (κ2) is 7.79. The molecule has 2 rings (SSSR count). The van der Waals surface area contributed by atoms with E-state index in [0.717, 1.165) is 36.4 Å². The average molecular weight is 280 g/mol. The molecule has 2 aliphatic rings. The summed E-state index contributed by atoms with van der Waals surface area (Å²) in [4.78, 5) is 2.80. The molecule has 4 unspecified atom stereocenters. The zero-order chi connectivity index (χ0) is 14.5. The Bertz CT molecular complexity index is 273. The van der Waals surface area contributed by atoms with Crippen LogP contribution >= 0.6 is 0 Å². The van der Waals surface area contributed by atoms with Gasteiger partial charge in [0, 0.05) is 18.6 Å². The minimum Gasteiger partial charge on any atom is -0.314 e. The summed E-state index contributed by atoms with van der Waals surface area (Å²) in [6, 6.07) is 1.63. The van der Waals surface area contributed by atoms with Gasteiger partial charge < -0.3 is 10.2 Å². The van der Waals surface area contributed by atoms with Gasteiger partial charge in [-0.3, -0.25) is 0 Å². The predicted molar refractivity (Wildman–Crippen MR) is 88.0 cm³/mol. The highest BCUT2D eigenvalue weighted by molar-refractivity contribution is 4.90. The summed E-state index contributed by atoms with van der Waals surface area (Å²) in [5, 5.41) is 3.79. The molecule has 20 heavy (non-hydrogen) atoms. The summed E-state index contributed by atoms with van der Waals surface area (Å²) < 4.78 is 0. The fourth-order valence-corrected chi connectivity index (χ4v) is 4.79. The van der Waals surface area contributed by atoms with Crippen molar-refractivity contribution in [2.75, 3.05) is 19.6 Å². The monoisotopic (exact) mass is 280 g/mol. The molecule has 0 aromatic carbocycles. The Labute approximate surface area is 126 Å². The predicted octanol–water partition coefficient (Wildman–Crippen LogP) is 3.91. The highest BCUT2D eigenvalue weighted by atomic mass is 15.2. The number of hydrogen-bond acceptors (Lipinski definition) is 2. The molecule has 4 atom stereocenters. The molecule has 118 valence electrons. The van der Waals surface area contributed by atoms with Crippen LogP contribution in [0.5, 0.6) is 0 Å². The summed E-state index contributed by atoms with van der Waals surface area (Å²) in [6.07, 6.45) is 8.60. The van der Waals surface area contributed by atoms with Crippen molar-refractivity contribution in [1.29, 1.82) is 0 Å². The van der Waals surface area contributed by atoms with Gasteiger partial charge in [0.1, 0.15) is 0 Å². The van der Waals surface area contributed by atoms with E-state index in [-0.39, 0.29) is 0 Å². The molecular formula is C18H36N2. The van der Waals surface area contributed by atoms with Gasteiger partial charge in [0.25, 0.3) is 0 Å². The van der Waals surface area contributed by atoms with E-state index in [1.807, 2.05) is 0 Å². The van der Waals surface area contributed by atoms with Crippen molar-refractivity contribution < 1.29 is 0 Å². The zero-order valence-corrected chi connectivity index (χ0v) is 14.2. The van der Waals surface area contributed by atoms with Crippen LogP contribution in [-0.2, 0) is 0 Å². The van der Waals surface area contributed by atoms with Crippen LogP contribution in [0.25, 0.3) is 0 Å². The Morgan fingerprint density at radius 1 is 1.05 bits per heavy atom. The normalized spacial score (nSPS) is 35.9. The lowest BCUT2D eigenvalue weighted by molar-refractivity contribution is 0.0842. The van der Waals surface area contributed by atoms with Gasteiger partial charge in [-0.15, -0.1) is 0 Å². The van der Waals surface area contributed by atoms with Crippen molar-refractivity contribution in [1.82, 2.24) is 10.2 Å². The lowest BCUT2D eigenvalue weighted by atomic mass is 9.72. The molecule has 0 aromatic rings. The van der Waals surface area contributed by atoms with E-state index in [1.54, 1.807) is 0 Å². The maximum Gasteiger partial charge on any atom is 0.0112 e. The van der Waals surface area contributed by atoms with Crippen LogP contribution in [0.4, 0.5) is 0 Å². The lowest BCUT2D eigenvalue weighted by Gasteiger charge is -2.43. The van der Waals surface area contributed by atoms with E-state index in [2.05, 4.69) is 37.9 Å². The molecule has 2 saturated carbocycles. The maximum absolute atomic E-state index is 3.79. The second-order valence-electron chi connectivity index (χ2n) is 7.41. The first-order chi connectivity index (χ1) is 9.65. The molecule has 2 fully saturated rings. The van der Waals surface area contributed by atoms with Gasteiger partial charge in [-0.1, -0.05) is 40.5 Å². The Balaban J connectivity index is 1.98. The van der Waals surface area contributed by atoms with Crippen LogP contribution in [-0.4, -0.2) is 36.6 Å². The quantitative estimate of drug-likeness (QED) is 0.793. The standard InChI is InChI=1S/C18H36N2/c1-5-19-18-12-14(3)11-15(4)17(18)13-20(6-2)16-9-7-8-10-16/h14-19H,5-13H2,1-4H3. The van der Waals surface area contributed by atoms with E-state index >= 15 is 0 Å². The molecular weight excluding hydrogens is 244 g/mol. The van der Waals surface area contributed by atoms with E-state index in [1.165, 1.54) is 51.6 Å². The molecule has 0 spiro atoms. The van der Waals surface area contributed by atoms with E-state index in [4.69, 9.17) is 0 Å². The van der Waals surface area contributed by atoms with Gasteiger partial charge >= 0.3 is 0 Å². The van der Waals surface area contributed by atoms with Crippen molar-refractivity contribution >= 4 is 0 Å². The van der Waals surface area contributed by atoms with Crippen molar-refractivity contribution in [3.8, 4) is 0 Å². The van der Waals surface area contributed by atoms with Crippen molar-refractivity contribution in [2.24, 2.45) is 17.8 Å². The fourth-order valence-electron chi connectivity index (χ4n) is 4.79. The smallest absolute Gasteiger partial charge is 0.0112 e. The number of hydrogen-bond donors (Lipinski definition) is 1. The Kier molecular flexibility index (Phi) is 6.35. The summed E-state index contributed by atoms with van der Waals surface area (Å²) in [5.74, 6) is 2.62. The summed E-state index contributed by atoms with van der Waals surface area (Å²) in [5.41, 5.74) is 0. The maximum atomic E-state index is 3.79. The highest BCUT2D eigenvalue weighted by Gasteiger charge is 2.35. The third kappa shape index (κ3) is 3.98. The molecule has 1 N–H and O–H groups in total. The van der Waals surface area contributed by atoms with Crippen molar-refractivity contribution in [3.63, 3.8) is 0 Å². The first kappa shape index (κ1) is 16.3. The molecule has 0 aliphatic heterocycles. The van der Waals surface area contributed by atoms with Gasteiger partial charge in [-0.25, -0.2) is 0 Å². The average Bonchev–Trinajstić information content (AvgIpc) is 2.92. The van der Waals surface area contributed by atoms with Crippen LogP contribution in [0, 0.1) is 17.8 Å². The molecule has 2 heteroatoms. The summed E-state index contributed by atoms with van der Waals surface area (Å²) >= 11 is 0. The molecule has 0 heterocycles. The third-order valence-electron chi connectivity index (χ3n) is 5.84. The summed E-state index contributed by atoms with van der Waals surface area (Å²) in [7, 11) is 0. The Morgan fingerprint density at radius 3 is 2.35 bits per heavy atom. The molecule has 0 radical (unpaired) electrons. The number of nitrogens with one attached hydrogen (secondary N) is 1. The molecule has 0 aromatic heterocycles. The van der Waals surface area contributed by atoms with Crippen LogP contribution in [0.1, 0.15) is 66.2 Å². The minimum atomic E-state index is 0.745. The topological polar surface area (TPSA) is 15.3 Å². The van der Waals surface area contributed by atoms with Gasteiger partial charge in [0.05, 0.1) is 0 Å². The highest BCUT2D eigenvalue weighted by Crippen LogP contribution is 2.35. The van der Waals surface area contributed by atoms with Crippen LogP contribution < -0.4 is 5.32 Å². The largest absolute Gasteiger partial charge is 0.314 e. The van der Waals surface area contributed by atoms with Crippen LogP contribution in [0.2, 0.25) is 0 Å². The lowest BCUT2D eigenvalue weighted by Crippen LogP contribution is -2.50. The van der Waals surface area contributed by atoms with Gasteiger partial charge in [-0.05, 0) is 56.5 Å². The Hall–Kier alpha value is -0.0800. The Morgan fingerprint density at radius 2 is 1.75 bits per heavy atom. The fraction of sp³-hybridized carbons (Fsp3) is 1.00. The zero-order valence-electron chi connectivity index (χ0n) is 14.2. The molecule has 0 amide bonds. The minimum absolute atomic E-state index is 0.745. The van der Waals surface area contributed by atoms with Crippen LogP contribution in [0.3, 0.4) is 0 Å². The van der Waals surface area contributed by atoms with Crippen LogP contribution in [0.15, 0.2) is 0 Å². The van der Waals surface area contributed by atoms with Crippen molar-refractivity contribution in [2.45, 2.75) is 78.3 Å². The molecule has 0 bridgehead atoms. The van der Waals surface area contributed by atoms with Gasteiger partial charge in [-0.2, -0.15) is 0 Å². The van der Waals surface area contributed by atoms with Crippen molar-refractivity contribution in [3.05, 3.63) is 0 Å². The molecule has 2 aliphatic carbocycles. The van der Waals surface area contributed by atoms with E-state index in [0.29, 0.717) is 0 Å². The second-order valence-corrected chi connectivity index (χ2v) is 7.41. The third-order valence-corrected chi connectivity index (χ3v) is 5.84. The SMILES string of the molecule is CCNC1CC(C)CC(C)C1CN(CC)C1CCCC1. The summed E-state index contributed by atoms with van der Waals surface area (Å²) in [6.45, 7) is 13.2. The van der Waals surface area contributed by atoms with Gasteiger partial charge in [0.2, 0.25) is 0 Å². The first-order valence-corrected chi connectivity index (χ1v) is 9.13. The van der Waals surface area contributed by atoms with E-state index in [9.17, 15) is 0 Å². The van der Waals surface area contributed by atoms with E-state index < -0.39 is 0 Å². The molecule has 2 nitrogen and oxygen atoms in total. The molecule has 0 saturated heterocycles. The van der Waals surface area contributed by atoms with Gasteiger partial charge in [0.15, 0.2) is 0 Å². The number of nitrogens with zero attached hydrogens (tertiary/aromatic N) is 1.